The highest BCUT2D eigenvalue weighted by atomic mass is 32.2. The third-order valence-corrected chi connectivity index (χ3v) is 10.6. The Labute approximate surface area is 290 Å². The van der Waals surface area contributed by atoms with E-state index in [0.717, 1.165) is 43.1 Å². The summed E-state index contributed by atoms with van der Waals surface area (Å²) in [6, 6.07) is 18.8. The van der Waals surface area contributed by atoms with Crippen LogP contribution in [-0.4, -0.2) is 88.1 Å². The van der Waals surface area contributed by atoms with Crippen molar-refractivity contribution in [3.8, 4) is 28.1 Å². The molecule has 6 aromatic rings. The molecule has 13 heteroatoms. The molecule has 4 aromatic heterocycles. The molecule has 1 fully saturated rings. The number of benzene rings is 2. The molecule has 0 amide bonds. The number of anilines is 1. The normalized spacial score (nSPS) is 14.7. The van der Waals surface area contributed by atoms with Gasteiger partial charge in [0.1, 0.15) is 11.6 Å². The number of nitrogens with zero attached hydrogens (tertiary/aromatic N) is 7. The quantitative estimate of drug-likeness (QED) is 0.206. The van der Waals surface area contributed by atoms with Crippen molar-refractivity contribution in [2.45, 2.75) is 31.4 Å². The minimum absolute atomic E-state index is 0.146. The van der Waals surface area contributed by atoms with E-state index in [9.17, 15) is 17.9 Å². The van der Waals surface area contributed by atoms with Crippen LogP contribution >= 0.6 is 0 Å². The lowest BCUT2D eigenvalue weighted by molar-refractivity contribution is 0.122. The van der Waals surface area contributed by atoms with Crippen LogP contribution in [0.1, 0.15) is 18.1 Å². The number of piperazine rings is 1. The number of fused-ring (bicyclic) bond motifs is 1. The fraction of sp³-hybridized carbons (Fsp3) is 0.270. The number of hydrogen-bond acceptors (Lipinski definition) is 9. The minimum Gasteiger partial charge on any atom is -0.480 e. The first-order valence-electron chi connectivity index (χ1n) is 16.4. The largest absolute Gasteiger partial charge is 0.480 e. The second kappa shape index (κ2) is 13.7. The zero-order valence-electron chi connectivity index (χ0n) is 28.1. The second-order valence-electron chi connectivity index (χ2n) is 12.7. The number of β-amino-alcohol motifs (C(OH)–C–C–N with tert-alkyl or cyclic N) is 1. The molecule has 0 aliphatic carbocycles. The van der Waals surface area contributed by atoms with E-state index in [1.807, 2.05) is 37.4 Å². The molecule has 1 unspecified atom stereocenters. The van der Waals surface area contributed by atoms with Crippen LogP contribution in [0, 0.1) is 12.7 Å². The third-order valence-electron chi connectivity index (χ3n) is 8.94. The molecule has 11 nitrogen and oxygen atoms in total. The van der Waals surface area contributed by atoms with E-state index >= 15 is 0 Å². The summed E-state index contributed by atoms with van der Waals surface area (Å²) < 4.78 is 50.6. The molecule has 0 bridgehead atoms. The van der Waals surface area contributed by atoms with E-state index in [1.165, 1.54) is 16.1 Å². The van der Waals surface area contributed by atoms with E-state index in [1.54, 1.807) is 67.6 Å². The number of aliphatic hydroxyl groups excluding tert-OH is 1. The number of methoxy groups -OCH3 is 1. The summed E-state index contributed by atoms with van der Waals surface area (Å²) in [6.45, 7) is 7.87. The summed E-state index contributed by atoms with van der Waals surface area (Å²) in [6.07, 6.45) is 6.32. The van der Waals surface area contributed by atoms with Gasteiger partial charge in [0, 0.05) is 79.0 Å². The average Bonchev–Trinajstić information content (AvgIpc) is 3.73. The molecular weight excluding hydrogens is 658 g/mol. The Bertz CT molecular complexity index is 2260. The highest BCUT2D eigenvalue weighted by Crippen LogP contribution is 2.37. The smallest absolute Gasteiger partial charge is 0.269 e. The fourth-order valence-electron chi connectivity index (χ4n) is 6.39. The molecule has 0 radical (unpaired) electrons. The van der Waals surface area contributed by atoms with Crippen molar-refractivity contribution in [2.24, 2.45) is 0 Å². The predicted octanol–water partition coefficient (Wildman–Crippen LogP) is 5.21. The summed E-state index contributed by atoms with van der Waals surface area (Å²) in [5.41, 5.74) is 4.67. The zero-order chi connectivity index (χ0) is 35.0. The summed E-state index contributed by atoms with van der Waals surface area (Å²) >= 11 is 0. The molecule has 2 aromatic carbocycles. The van der Waals surface area contributed by atoms with Crippen LogP contribution in [0.2, 0.25) is 0 Å². The molecule has 50 heavy (non-hydrogen) atoms. The molecule has 0 saturated carbocycles. The van der Waals surface area contributed by atoms with E-state index < -0.39 is 10.0 Å². The monoisotopic (exact) mass is 695 g/mol. The molecular formula is C37H38FN7O4S. The van der Waals surface area contributed by atoms with E-state index in [-0.39, 0.29) is 22.5 Å². The van der Waals surface area contributed by atoms with Crippen LogP contribution in [0.4, 0.5) is 10.2 Å². The van der Waals surface area contributed by atoms with Crippen LogP contribution in [0.25, 0.3) is 33.3 Å². The third kappa shape index (κ3) is 6.71. The van der Waals surface area contributed by atoms with Crippen LogP contribution in [-0.2, 0) is 16.6 Å². The molecule has 1 saturated heterocycles. The number of aliphatic hydroxyl groups is 1. The van der Waals surface area contributed by atoms with Gasteiger partial charge in [-0.05, 0) is 61.9 Å². The van der Waals surface area contributed by atoms with Crippen molar-refractivity contribution < 1.29 is 22.7 Å². The Hall–Kier alpha value is -5.11. The van der Waals surface area contributed by atoms with Gasteiger partial charge >= 0.3 is 0 Å². The Morgan fingerprint density at radius 2 is 1.72 bits per heavy atom. The number of rotatable bonds is 10. The Morgan fingerprint density at radius 3 is 2.44 bits per heavy atom. The van der Waals surface area contributed by atoms with Crippen molar-refractivity contribution >= 4 is 26.9 Å². The Morgan fingerprint density at radius 1 is 0.940 bits per heavy atom. The number of aromatic nitrogens is 5. The van der Waals surface area contributed by atoms with Crippen LogP contribution in [0.3, 0.4) is 0 Å². The van der Waals surface area contributed by atoms with Gasteiger partial charge in [-0.15, -0.1) is 0 Å². The van der Waals surface area contributed by atoms with Crippen LogP contribution in [0.15, 0.2) is 96.4 Å². The molecule has 258 valence electrons. The van der Waals surface area contributed by atoms with Gasteiger partial charge in [0.2, 0.25) is 5.88 Å². The lowest BCUT2D eigenvalue weighted by atomic mass is 10.0. The van der Waals surface area contributed by atoms with Crippen molar-refractivity contribution in [3.63, 3.8) is 0 Å². The van der Waals surface area contributed by atoms with E-state index in [4.69, 9.17) is 14.7 Å². The van der Waals surface area contributed by atoms with Gasteiger partial charge < -0.3 is 14.7 Å². The van der Waals surface area contributed by atoms with Gasteiger partial charge in [-0.2, -0.15) is 10.1 Å². The number of pyridine rings is 2. The molecule has 1 aliphatic heterocycles. The van der Waals surface area contributed by atoms with Crippen LogP contribution < -0.4 is 9.64 Å². The van der Waals surface area contributed by atoms with Gasteiger partial charge in [-0.3, -0.25) is 9.58 Å². The fourth-order valence-corrected chi connectivity index (χ4v) is 7.71. The molecule has 1 N–H and O–H groups in total. The highest BCUT2D eigenvalue weighted by molar-refractivity contribution is 7.90. The first-order chi connectivity index (χ1) is 24.1. The number of hydrogen-bond donors (Lipinski definition) is 1. The number of halogens is 1. The van der Waals surface area contributed by atoms with Crippen molar-refractivity contribution in [3.05, 3.63) is 108 Å². The van der Waals surface area contributed by atoms with Gasteiger partial charge in [0.25, 0.3) is 10.0 Å². The van der Waals surface area contributed by atoms with Gasteiger partial charge in [0.15, 0.2) is 5.65 Å². The van der Waals surface area contributed by atoms with Crippen molar-refractivity contribution in [1.29, 1.82) is 0 Å². The van der Waals surface area contributed by atoms with Crippen molar-refractivity contribution in [2.75, 3.05) is 44.7 Å². The Balaban J connectivity index is 1.28. The maximum Gasteiger partial charge on any atom is 0.269 e. The molecule has 0 spiro atoms. The summed E-state index contributed by atoms with van der Waals surface area (Å²) in [5.74, 6) is 0.885. The molecule has 1 aliphatic rings. The van der Waals surface area contributed by atoms with E-state index in [0.29, 0.717) is 46.6 Å². The number of ether oxygens (including phenoxy) is 1. The Kier molecular flexibility index (Phi) is 9.12. The van der Waals surface area contributed by atoms with Crippen molar-refractivity contribution in [1.82, 2.24) is 28.6 Å². The topological polar surface area (TPSA) is 119 Å². The lowest BCUT2D eigenvalue weighted by Crippen LogP contribution is -2.48. The first-order valence-corrected chi connectivity index (χ1v) is 17.8. The van der Waals surface area contributed by atoms with Gasteiger partial charge in [0.05, 0.1) is 30.9 Å². The van der Waals surface area contributed by atoms with Crippen LogP contribution in [0.5, 0.6) is 5.88 Å². The maximum atomic E-state index is 14.0. The summed E-state index contributed by atoms with van der Waals surface area (Å²) in [4.78, 5) is 14.1. The average molecular weight is 696 g/mol. The number of aryl methyl sites for hydroxylation is 1. The predicted molar refractivity (Wildman–Crippen MR) is 190 cm³/mol. The maximum absolute atomic E-state index is 14.0. The standard InChI is InChI=1S/C37H38FN7O4S/c1-25-7-9-31(10-8-25)50(47,48)45-24-34(29-20-40-44(23-29)22-27-5-4-6-30(38)17-27)33-18-28(19-39-36(33)45)32-11-12-35(41-37(32)49-3)43-15-13-42(14-16-43)21-26(2)46/h4-12,17-20,23-24,26,46H,13-16,21-22H2,1-3H3. The molecule has 5 heterocycles. The summed E-state index contributed by atoms with van der Waals surface area (Å²) in [5, 5.41) is 14.9. The zero-order valence-corrected chi connectivity index (χ0v) is 28.9. The minimum atomic E-state index is -4.01. The SMILES string of the molecule is COc1nc(N2CCN(CC(C)O)CC2)ccc1-c1cnc2c(c1)c(-c1cnn(Cc3cccc(F)c3)c1)cn2S(=O)(=O)c1ccc(C)cc1. The highest BCUT2D eigenvalue weighted by Gasteiger charge is 2.25. The molecule has 1 atom stereocenters. The van der Waals surface area contributed by atoms with E-state index in [2.05, 4.69) is 14.9 Å². The van der Waals surface area contributed by atoms with Gasteiger partial charge in [-0.25, -0.2) is 21.8 Å². The van der Waals surface area contributed by atoms with Gasteiger partial charge in [-0.1, -0.05) is 29.8 Å². The summed E-state index contributed by atoms with van der Waals surface area (Å²) in [7, 11) is -2.44. The lowest BCUT2D eigenvalue weighted by Gasteiger charge is -2.36. The molecule has 7 rings (SSSR count). The second-order valence-corrected chi connectivity index (χ2v) is 14.5. The first kappa shape index (κ1) is 33.4.